The smallest absolute Gasteiger partial charge is 0.326 e. The third kappa shape index (κ3) is 7.90. The van der Waals surface area contributed by atoms with Crippen molar-refractivity contribution in [3.8, 4) is 0 Å². The number of carboxylic acids is 1. The first-order valence-corrected chi connectivity index (χ1v) is 7.75. The lowest BCUT2D eigenvalue weighted by Crippen LogP contribution is -2.58. The standard InChI is InChI=1S/C14H25N5O7/c1-6(2)11(13(24)18-7(14(25)26)3-9(16)21)19-12(23)8(5-20)17-10(22)4-15/h6-8,11,20H,3-5,15H2,1-2H3,(H2,16,21)(H,17,22)(H,18,24)(H,19,23)(H,25,26). The van der Waals surface area contributed by atoms with Gasteiger partial charge in [0.2, 0.25) is 23.6 Å². The van der Waals surface area contributed by atoms with Gasteiger partial charge in [0, 0.05) is 0 Å². The molecule has 3 unspecified atom stereocenters. The SMILES string of the molecule is CC(C)C(NC(=O)C(CO)NC(=O)CN)C(=O)NC(CC(N)=O)C(=O)O. The highest BCUT2D eigenvalue weighted by Crippen LogP contribution is 2.04. The molecular formula is C14H25N5O7. The van der Waals surface area contributed by atoms with Crippen molar-refractivity contribution in [2.24, 2.45) is 17.4 Å². The van der Waals surface area contributed by atoms with Gasteiger partial charge in [-0.05, 0) is 5.92 Å². The number of hydrogen-bond donors (Lipinski definition) is 7. The summed E-state index contributed by atoms with van der Waals surface area (Å²) in [6, 6.07) is -4.06. The molecule has 0 aromatic heterocycles. The Bertz CT molecular complexity index is 552. The number of primary amides is 1. The van der Waals surface area contributed by atoms with Crippen LogP contribution in [0.1, 0.15) is 20.3 Å². The fourth-order valence-corrected chi connectivity index (χ4v) is 1.90. The number of aliphatic hydroxyl groups excluding tert-OH is 1. The van der Waals surface area contributed by atoms with E-state index < -0.39 is 73.2 Å². The molecule has 0 heterocycles. The molecule has 0 aromatic rings. The lowest BCUT2D eigenvalue weighted by Gasteiger charge is -2.25. The van der Waals surface area contributed by atoms with Gasteiger partial charge in [0.1, 0.15) is 18.1 Å². The second kappa shape index (κ2) is 11.0. The van der Waals surface area contributed by atoms with Crippen molar-refractivity contribution in [3.63, 3.8) is 0 Å². The molecule has 0 rings (SSSR count). The number of amides is 4. The van der Waals surface area contributed by atoms with E-state index in [-0.39, 0.29) is 0 Å². The number of aliphatic hydroxyl groups is 1. The van der Waals surface area contributed by atoms with Crippen molar-refractivity contribution in [3.05, 3.63) is 0 Å². The Morgan fingerprint density at radius 3 is 1.92 bits per heavy atom. The van der Waals surface area contributed by atoms with Crippen molar-refractivity contribution in [2.45, 2.75) is 38.4 Å². The van der Waals surface area contributed by atoms with Crippen LogP contribution in [0.25, 0.3) is 0 Å². The minimum absolute atomic E-state index is 0.398. The molecule has 12 nitrogen and oxygen atoms in total. The van der Waals surface area contributed by atoms with Crippen molar-refractivity contribution in [1.29, 1.82) is 0 Å². The van der Waals surface area contributed by atoms with Crippen LogP contribution in [0.5, 0.6) is 0 Å². The molecule has 0 saturated carbocycles. The highest BCUT2D eigenvalue weighted by molar-refractivity contribution is 5.94. The summed E-state index contributed by atoms with van der Waals surface area (Å²) in [6.07, 6.45) is -0.619. The Hall–Kier alpha value is -2.73. The highest BCUT2D eigenvalue weighted by atomic mass is 16.4. The van der Waals surface area contributed by atoms with Crippen LogP contribution >= 0.6 is 0 Å². The Kier molecular flexibility index (Phi) is 9.84. The molecule has 0 aliphatic rings. The maximum atomic E-state index is 12.3. The molecule has 0 aromatic carbocycles. The van der Waals surface area contributed by atoms with Crippen LogP contribution < -0.4 is 27.4 Å². The van der Waals surface area contributed by atoms with E-state index in [1.807, 2.05) is 0 Å². The summed E-state index contributed by atoms with van der Waals surface area (Å²) in [5.74, 6) is -5.25. The zero-order valence-corrected chi connectivity index (χ0v) is 14.5. The number of carbonyl (C=O) groups excluding carboxylic acids is 4. The maximum Gasteiger partial charge on any atom is 0.326 e. The van der Waals surface area contributed by atoms with Gasteiger partial charge < -0.3 is 37.6 Å². The summed E-state index contributed by atoms with van der Waals surface area (Å²) in [7, 11) is 0. The topological polar surface area (TPSA) is 214 Å². The normalized spacial score (nSPS) is 14.0. The molecule has 0 aliphatic carbocycles. The molecule has 12 heteroatoms. The van der Waals surface area contributed by atoms with E-state index in [9.17, 15) is 29.1 Å². The molecule has 148 valence electrons. The lowest BCUT2D eigenvalue weighted by molar-refractivity contribution is -0.144. The van der Waals surface area contributed by atoms with Gasteiger partial charge in [0.15, 0.2) is 0 Å². The second-order valence-electron chi connectivity index (χ2n) is 5.81. The van der Waals surface area contributed by atoms with Gasteiger partial charge in [0.05, 0.1) is 19.6 Å². The number of aliphatic carboxylic acids is 1. The third-order valence-corrected chi connectivity index (χ3v) is 3.29. The van der Waals surface area contributed by atoms with E-state index in [0.29, 0.717) is 0 Å². The Labute approximate surface area is 149 Å². The number of carboxylic acid groups (broad SMARTS) is 1. The average molecular weight is 375 g/mol. The van der Waals surface area contributed by atoms with E-state index in [0.717, 1.165) is 0 Å². The summed E-state index contributed by atoms with van der Waals surface area (Å²) < 4.78 is 0. The number of rotatable bonds is 11. The maximum absolute atomic E-state index is 12.3. The predicted molar refractivity (Wildman–Crippen MR) is 88.2 cm³/mol. The zero-order chi connectivity index (χ0) is 20.4. The van der Waals surface area contributed by atoms with Gasteiger partial charge in [0.25, 0.3) is 0 Å². The first kappa shape index (κ1) is 23.3. The van der Waals surface area contributed by atoms with E-state index in [4.69, 9.17) is 16.6 Å². The minimum atomic E-state index is -1.55. The lowest BCUT2D eigenvalue weighted by atomic mass is 10.0. The largest absolute Gasteiger partial charge is 0.480 e. The van der Waals surface area contributed by atoms with Gasteiger partial charge in [-0.25, -0.2) is 4.79 Å². The molecule has 3 atom stereocenters. The molecule has 0 fully saturated rings. The van der Waals surface area contributed by atoms with Gasteiger partial charge in [-0.1, -0.05) is 13.8 Å². The number of nitrogens with one attached hydrogen (secondary N) is 3. The Balaban J connectivity index is 5.12. The van der Waals surface area contributed by atoms with Crippen LogP contribution in [-0.2, 0) is 24.0 Å². The quantitative estimate of drug-likeness (QED) is 0.188. The van der Waals surface area contributed by atoms with Crippen molar-refractivity contribution in [1.82, 2.24) is 16.0 Å². The fourth-order valence-electron chi connectivity index (χ4n) is 1.90. The molecule has 4 amide bonds. The molecule has 0 radical (unpaired) electrons. The molecular weight excluding hydrogens is 350 g/mol. The summed E-state index contributed by atoms with van der Waals surface area (Å²) in [6.45, 7) is 2.04. The molecule has 0 spiro atoms. The Morgan fingerprint density at radius 2 is 1.54 bits per heavy atom. The van der Waals surface area contributed by atoms with E-state index in [1.54, 1.807) is 13.8 Å². The summed E-state index contributed by atoms with van der Waals surface area (Å²) in [5.41, 5.74) is 10.1. The van der Waals surface area contributed by atoms with Gasteiger partial charge in [-0.15, -0.1) is 0 Å². The molecule has 0 saturated heterocycles. The second-order valence-corrected chi connectivity index (χ2v) is 5.81. The first-order chi connectivity index (χ1) is 12.0. The summed E-state index contributed by atoms with van der Waals surface area (Å²) in [5, 5.41) is 24.8. The monoisotopic (exact) mass is 375 g/mol. The summed E-state index contributed by atoms with van der Waals surface area (Å²) >= 11 is 0. The van der Waals surface area contributed by atoms with E-state index in [2.05, 4.69) is 16.0 Å². The van der Waals surface area contributed by atoms with Crippen LogP contribution in [0.4, 0.5) is 0 Å². The van der Waals surface area contributed by atoms with Crippen molar-refractivity contribution in [2.75, 3.05) is 13.2 Å². The number of nitrogens with two attached hydrogens (primary N) is 2. The minimum Gasteiger partial charge on any atom is -0.480 e. The van der Waals surface area contributed by atoms with Crippen molar-refractivity contribution >= 4 is 29.6 Å². The van der Waals surface area contributed by atoms with Crippen LogP contribution in [-0.4, -0.2) is 71.1 Å². The van der Waals surface area contributed by atoms with Gasteiger partial charge in [-0.2, -0.15) is 0 Å². The van der Waals surface area contributed by atoms with Crippen LogP contribution in [0.3, 0.4) is 0 Å². The third-order valence-electron chi connectivity index (χ3n) is 3.29. The van der Waals surface area contributed by atoms with Crippen LogP contribution in [0, 0.1) is 5.92 Å². The Morgan fingerprint density at radius 1 is 0.962 bits per heavy atom. The van der Waals surface area contributed by atoms with Crippen molar-refractivity contribution < 1.29 is 34.2 Å². The van der Waals surface area contributed by atoms with Crippen LogP contribution in [0.15, 0.2) is 0 Å². The summed E-state index contributed by atoms with van der Waals surface area (Å²) in [4.78, 5) is 57.7. The zero-order valence-electron chi connectivity index (χ0n) is 14.5. The molecule has 9 N–H and O–H groups in total. The van der Waals surface area contributed by atoms with Gasteiger partial charge >= 0.3 is 5.97 Å². The predicted octanol–water partition coefficient (Wildman–Crippen LogP) is -3.99. The molecule has 26 heavy (non-hydrogen) atoms. The molecule has 0 aliphatic heterocycles. The van der Waals surface area contributed by atoms with Crippen LogP contribution in [0.2, 0.25) is 0 Å². The highest BCUT2D eigenvalue weighted by Gasteiger charge is 2.31. The van der Waals surface area contributed by atoms with Gasteiger partial charge in [-0.3, -0.25) is 19.2 Å². The molecule has 0 bridgehead atoms. The first-order valence-electron chi connectivity index (χ1n) is 7.75. The van der Waals surface area contributed by atoms with E-state index in [1.165, 1.54) is 0 Å². The fraction of sp³-hybridized carbons (Fsp3) is 0.643. The van der Waals surface area contributed by atoms with E-state index >= 15 is 0 Å². The average Bonchev–Trinajstić information content (AvgIpc) is 2.55. The number of hydrogen-bond acceptors (Lipinski definition) is 7. The number of carbonyl (C=O) groups is 5.